The highest BCUT2D eigenvalue weighted by Gasteiger charge is 2.14. The number of aromatic amines is 1. The number of hydrogen-bond donors (Lipinski definition) is 1. The van der Waals surface area contributed by atoms with Crippen LogP contribution < -0.4 is 11.2 Å². The Morgan fingerprint density at radius 2 is 1.62 bits per heavy atom. The summed E-state index contributed by atoms with van der Waals surface area (Å²) in [5.41, 5.74) is 0.603. The number of nitrogens with zero attached hydrogens (tertiary/aromatic N) is 3. The van der Waals surface area contributed by atoms with E-state index in [0.29, 0.717) is 16.8 Å². The Kier molecular flexibility index (Phi) is 4.03. The topological polar surface area (TPSA) is 91.5 Å². The number of halogens is 1. The molecule has 1 N–H and O–H groups in total. The number of nitrogens with one attached hydrogen (secondary N) is 1. The molecule has 0 radical (unpaired) electrons. The number of benzene rings is 2. The molecule has 0 saturated carbocycles. The lowest BCUT2D eigenvalue weighted by molar-refractivity contribution is 0.627. The fourth-order valence-electron chi connectivity index (χ4n) is 2.34. The molecule has 0 saturated heterocycles. The summed E-state index contributed by atoms with van der Waals surface area (Å²) < 4.78 is 14.1. The van der Waals surface area contributed by atoms with Crippen LogP contribution in [0.2, 0.25) is 0 Å². The van der Waals surface area contributed by atoms with Crippen molar-refractivity contribution in [2.45, 2.75) is 5.92 Å². The molecule has 0 aliphatic heterocycles. The van der Waals surface area contributed by atoms with Crippen LogP contribution in [0.5, 0.6) is 0 Å². The predicted octanol–water partition coefficient (Wildman–Crippen LogP) is 1.72. The highest BCUT2D eigenvalue weighted by molar-refractivity contribution is 5.42. The molecular formula is C17H11FN4O2. The van der Waals surface area contributed by atoms with Crippen molar-refractivity contribution < 1.29 is 4.39 Å². The largest absolute Gasteiger partial charge is 0.349 e. The molecule has 24 heavy (non-hydrogen) atoms. The number of nitriles is 1. The summed E-state index contributed by atoms with van der Waals surface area (Å²) in [6.45, 7) is 0. The summed E-state index contributed by atoms with van der Waals surface area (Å²) in [5.74, 6) is -0.922. The smallest absolute Gasteiger partial charge is 0.271 e. The first kappa shape index (κ1) is 15.4. The molecular weight excluding hydrogens is 311 g/mol. The van der Waals surface area contributed by atoms with E-state index in [-0.39, 0.29) is 5.82 Å². The van der Waals surface area contributed by atoms with Crippen LogP contribution in [-0.4, -0.2) is 14.8 Å². The van der Waals surface area contributed by atoms with Crippen molar-refractivity contribution in [2.24, 2.45) is 0 Å². The van der Waals surface area contributed by atoms with E-state index in [0.717, 1.165) is 10.9 Å². The van der Waals surface area contributed by atoms with Crippen LogP contribution in [0.15, 0.2) is 64.3 Å². The monoisotopic (exact) mass is 322 g/mol. The molecule has 0 bridgehead atoms. The number of rotatable bonds is 3. The molecule has 118 valence electrons. The minimum Gasteiger partial charge on any atom is -0.271 e. The molecule has 1 atom stereocenters. The zero-order valence-corrected chi connectivity index (χ0v) is 12.3. The summed E-state index contributed by atoms with van der Waals surface area (Å²) >= 11 is 0. The quantitative estimate of drug-likeness (QED) is 0.794. The molecule has 0 aliphatic carbocycles. The lowest BCUT2D eigenvalue weighted by atomic mass is 9.92. The number of hydrogen-bond acceptors (Lipinski definition) is 4. The summed E-state index contributed by atoms with van der Waals surface area (Å²) in [6, 6.07) is 14.5. The molecule has 1 heterocycles. The second-order valence-corrected chi connectivity index (χ2v) is 5.06. The Morgan fingerprint density at radius 1 is 1.04 bits per heavy atom. The summed E-state index contributed by atoms with van der Waals surface area (Å²) in [6.07, 6.45) is 1.01. The molecule has 0 amide bonds. The van der Waals surface area contributed by atoms with E-state index < -0.39 is 17.2 Å². The van der Waals surface area contributed by atoms with E-state index in [9.17, 15) is 19.2 Å². The van der Waals surface area contributed by atoms with Crippen LogP contribution in [0.1, 0.15) is 17.0 Å². The van der Waals surface area contributed by atoms with Gasteiger partial charge >= 0.3 is 5.69 Å². The zero-order valence-electron chi connectivity index (χ0n) is 12.3. The van der Waals surface area contributed by atoms with Gasteiger partial charge in [0.1, 0.15) is 12.0 Å². The highest BCUT2D eigenvalue weighted by Crippen LogP contribution is 2.24. The van der Waals surface area contributed by atoms with Gasteiger partial charge in [0.15, 0.2) is 0 Å². The van der Waals surface area contributed by atoms with Gasteiger partial charge in [0.2, 0.25) is 0 Å². The second-order valence-electron chi connectivity index (χ2n) is 5.06. The van der Waals surface area contributed by atoms with Crippen LogP contribution in [0, 0.1) is 17.1 Å². The van der Waals surface area contributed by atoms with Crippen LogP contribution in [-0.2, 0) is 0 Å². The molecule has 6 nitrogen and oxygen atoms in total. The Bertz CT molecular complexity index is 1010. The third-order valence-electron chi connectivity index (χ3n) is 3.52. The van der Waals surface area contributed by atoms with Crippen LogP contribution in [0.25, 0.3) is 5.69 Å². The van der Waals surface area contributed by atoms with Crippen molar-refractivity contribution in [3.05, 3.63) is 92.5 Å². The van der Waals surface area contributed by atoms with E-state index in [1.807, 2.05) is 0 Å². The first-order chi connectivity index (χ1) is 11.6. The average Bonchev–Trinajstić information content (AvgIpc) is 2.58. The molecule has 0 aliphatic rings. The summed E-state index contributed by atoms with van der Waals surface area (Å²) in [4.78, 5) is 24.9. The second kappa shape index (κ2) is 6.30. The van der Waals surface area contributed by atoms with Gasteiger partial charge in [-0.3, -0.25) is 9.78 Å². The normalized spacial score (nSPS) is 11.7. The van der Waals surface area contributed by atoms with Crippen molar-refractivity contribution in [3.63, 3.8) is 0 Å². The van der Waals surface area contributed by atoms with Gasteiger partial charge in [0.25, 0.3) is 5.56 Å². The molecule has 0 spiro atoms. The van der Waals surface area contributed by atoms with E-state index in [4.69, 9.17) is 0 Å². The number of H-pyrrole nitrogens is 1. The van der Waals surface area contributed by atoms with Crippen molar-refractivity contribution in [2.75, 3.05) is 0 Å². The van der Waals surface area contributed by atoms with E-state index in [2.05, 4.69) is 16.2 Å². The molecule has 0 fully saturated rings. The third-order valence-corrected chi connectivity index (χ3v) is 3.52. The van der Waals surface area contributed by atoms with Crippen molar-refractivity contribution in [1.29, 1.82) is 5.26 Å². The van der Waals surface area contributed by atoms with Crippen molar-refractivity contribution in [3.8, 4) is 11.8 Å². The summed E-state index contributed by atoms with van der Waals surface area (Å²) in [7, 11) is 0. The lowest BCUT2D eigenvalue weighted by Gasteiger charge is -2.11. The van der Waals surface area contributed by atoms with Crippen molar-refractivity contribution in [1.82, 2.24) is 14.8 Å². The third kappa shape index (κ3) is 2.98. The van der Waals surface area contributed by atoms with Gasteiger partial charge in [-0.2, -0.15) is 15.0 Å². The maximum atomic E-state index is 13.0. The Hall–Kier alpha value is -3.53. The van der Waals surface area contributed by atoms with E-state index in [1.54, 1.807) is 36.4 Å². The van der Waals surface area contributed by atoms with Gasteiger partial charge in [-0.25, -0.2) is 9.18 Å². The first-order valence-corrected chi connectivity index (χ1v) is 7.02. The van der Waals surface area contributed by atoms with Gasteiger partial charge in [-0.1, -0.05) is 24.3 Å². The van der Waals surface area contributed by atoms with Gasteiger partial charge in [0.05, 0.1) is 17.7 Å². The highest BCUT2D eigenvalue weighted by atomic mass is 19.1. The molecule has 2 aromatic carbocycles. The predicted molar refractivity (Wildman–Crippen MR) is 84.3 cm³/mol. The lowest BCUT2D eigenvalue weighted by Crippen LogP contribution is -2.30. The average molecular weight is 322 g/mol. The van der Waals surface area contributed by atoms with Gasteiger partial charge in [-0.05, 0) is 35.4 Å². The number of aromatic nitrogens is 3. The Balaban J connectivity index is 1.96. The molecule has 3 rings (SSSR count). The molecule has 1 aromatic heterocycles. The maximum Gasteiger partial charge on any atom is 0.349 e. The van der Waals surface area contributed by atoms with E-state index >= 15 is 0 Å². The van der Waals surface area contributed by atoms with Crippen LogP contribution in [0.4, 0.5) is 4.39 Å². The first-order valence-electron chi connectivity index (χ1n) is 7.02. The Morgan fingerprint density at radius 3 is 2.17 bits per heavy atom. The van der Waals surface area contributed by atoms with Gasteiger partial charge < -0.3 is 0 Å². The molecule has 3 aromatic rings. The van der Waals surface area contributed by atoms with Crippen LogP contribution in [0.3, 0.4) is 0 Å². The Labute approximate surface area is 135 Å². The molecule has 7 heteroatoms. The standard InChI is InChI=1S/C17H11FN4O2/c18-13-5-1-11(2-6-13)15(9-19)12-3-7-14(8-4-12)22-17(24)21-16(23)10-20-22/h1-8,10,15H,(H,21,23,24). The van der Waals surface area contributed by atoms with Crippen LogP contribution >= 0.6 is 0 Å². The minimum atomic E-state index is -0.648. The minimum absolute atomic E-state index is 0.366. The van der Waals surface area contributed by atoms with Crippen molar-refractivity contribution >= 4 is 0 Å². The fraction of sp³-hybridized carbons (Fsp3) is 0.0588. The zero-order chi connectivity index (χ0) is 17.1. The fourth-order valence-corrected chi connectivity index (χ4v) is 2.34. The van der Waals surface area contributed by atoms with E-state index in [1.165, 1.54) is 12.1 Å². The summed E-state index contributed by atoms with van der Waals surface area (Å²) in [5, 5.41) is 13.2. The molecule has 1 unspecified atom stereocenters. The SMILES string of the molecule is N#CC(c1ccc(F)cc1)c1ccc(-n2ncc(=O)[nH]c2=O)cc1. The van der Waals surface area contributed by atoms with Gasteiger partial charge in [0, 0.05) is 0 Å². The van der Waals surface area contributed by atoms with Gasteiger partial charge in [-0.15, -0.1) is 0 Å². The maximum absolute atomic E-state index is 13.0.